The molecule has 1 heterocycles. The Labute approximate surface area is 121 Å². The molecule has 0 saturated heterocycles. The third kappa shape index (κ3) is 2.25. The van der Waals surface area contributed by atoms with Crippen LogP contribution < -0.4 is 5.73 Å². The largest absolute Gasteiger partial charge is 0.399 e. The van der Waals surface area contributed by atoms with Crippen LogP contribution in [0.2, 0.25) is 5.02 Å². The van der Waals surface area contributed by atoms with Gasteiger partial charge in [0.25, 0.3) is 0 Å². The van der Waals surface area contributed by atoms with Gasteiger partial charge in [0.15, 0.2) is 5.82 Å². The van der Waals surface area contributed by atoms with Gasteiger partial charge in [-0.05, 0) is 47.9 Å². The summed E-state index contributed by atoms with van der Waals surface area (Å²) < 4.78 is 7.36. The molecule has 20 heavy (non-hydrogen) atoms. The lowest BCUT2D eigenvalue weighted by atomic mass is 9.80. The van der Waals surface area contributed by atoms with Crippen molar-refractivity contribution in [3.63, 3.8) is 0 Å². The number of hydrogen-bond donors (Lipinski definition) is 1. The molecule has 1 aromatic carbocycles. The second-order valence-electron chi connectivity index (χ2n) is 5.14. The summed E-state index contributed by atoms with van der Waals surface area (Å²) in [5.74, 6) is 0.616. The normalized spacial score (nSPS) is 16.9. The van der Waals surface area contributed by atoms with Gasteiger partial charge in [-0.25, -0.2) is 4.68 Å². The second-order valence-corrected chi connectivity index (χ2v) is 5.55. The number of ether oxygens (including phenoxy) is 1. The highest BCUT2D eigenvalue weighted by Gasteiger charge is 2.38. The summed E-state index contributed by atoms with van der Waals surface area (Å²) in [5, 5.41) is 12.5. The number of halogens is 1. The summed E-state index contributed by atoms with van der Waals surface area (Å²) in [6, 6.07) is 5.29. The van der Waals surface area contributed by atoms with Crippen molar-refractivity contribution >= 4 is 17.3 Å². The smallest absolute Gasteiger partial charge is 0.183 e. The molecule has 106 valence electrons. The van der Waals surface area contributed by atoms with Crippen LogP contribution in [0.4, 0.5) is 5.69 Å². The van der Waals surface area contributed by atoms with Gasteiger partial charge in [0.1, 0.15) is 0 Å². The number of rotatable bonds is 4. The van der Waals surface area contributed by atoms with Crippen LogP contribution in [-0.4, -0.2) is 32.9 Å². The van der Waals surface area contributed by atoms with Gasteiger partial charge in [0, 0.05) is 18.4 Å². The SMILES string of the molecule is COC1(Cn2nnnc2-c2cc(N)ccc2Cl)CCC1. The van der Waals surface area contributed by atoms with Gasteiger partial charge in [-0.1, -0.05) is 11.6 Å². The molecule has 3 rings (SSSR count). The van der Waals surface area contributed by atoms with Crippen molar-refractivity contribution < 1.29 is 4.74 Å². The van der Waals surface area contributed by atoms with E-state index in [1.807, 2.05) is 0 Å². The third-order valence-corrected chi connectivity index (χ3v) is 4.23. The summed E-state index contributed by atoms with van der Waals surface area (Å²) >= 11 is 6.22. The number of nitrogens with two attached hydrogens (primary N) is 1. The summed E-state index contributed by atoms with van der Waals surface area (Å²) in [5.41, 5.74) is 7.02. The summed E-state index contributed by atoms with van der Waals surface area (Å²) in [6.45, 7) is 0.622. The maximum absolute atomic E-state index is 6.22. The highest BCUT2D eigenvalue weighted by molar-refractivity contribution is 6.33. The molecule has 0 radical (unpaired) electrons. The Hall–Kier alpha value is -1.66. The average Bonchev–Trinajstić information content (AvgIpc) is 2.84. The van der Waals surface area contributed by atoms with Crippen LogP contribution in [0.15, 0.2) is 18.2 Å². The van der Waals surface area contributed by atoms with Crippen LogP contribution in [0.1, 0.15) is 19.3 Å². The Morgan fingerprint density at radius 3 is 2.90 bits per heavy atom. The second kappa shape index (κ2) is 5.03. The van der Waals surface area contributed by atoms with E-state index >= 15 is 0 Å². The van der Waals surface area contributed by atoms with E-state index in [0.717, 1.165) is 18.4 Å². The molecule has 0 spiro atoms. The van der Waals surface area contributed by atoms with Crippen molar-refractivity contribution in [2.24, 2.45) is 0 Å². The number of nitrogens with zero attached hydrogens (tertiary/aromatic N) is 4. The van der Waals surface area contributed by atoms with Crippen molar-refractivity contribution in [3.05, 3.63) is 23.2 Å². The fourth-order valence-corrected chi connectivity index (χ4v) is 2.69. The fraction of sp³-hybridized carbons (Fsp3) is 0.462. The first-order valence-electron chi connectivity index (χ1n) is 6.50. The Morgan fingerprint density at radius 1 is 1.45 bits per heavy atom. The number of methoxy groups -OCH3 is 1. The van der Waals surface area contributed by atoms with Gasteiger partial charge >= 0.3 is 0 Å². The van der Waals surface area contributed by atoms with E-state index in [-0.39, 0.29) is 5.60 Å². The molecule has 0 unspecified atom stereocenters. The van der Waals surface area contributed by atoms with E-state index in [4.69, 9.17) is 22.1 Å². The predicted molar refractivity (Wildman–Crippen MR) is 76.3 cm³/mol. The van der Waals surface area contributed by atoms with E-state index in [0.29, 0.717) is 23.1 Å². The van der Waals surface area contributed by atoms with E-state index in [1.54, 1.807) is 30.0 Å². The van der Waals surface area contributed by atoms with E-state index < -0.39 is 0 Å². The van der Waals surface area contributed by atoms with Gasteiger partial charge in [0.05, 0.1) is 17.2 Å². The Morgan fingerprint density at radius 2 is 2.25 bits per heavy atom. The number of nitrogen functional groups attached to an aromatic ring is 1. The number of anilines is 1. The van der Waals surface area contributed by atoms with Gasteiger partial charge in [-0.2, -0.15) is 0 Å². The lowest BCUT2D eigenvalue weighted by Crippen LogP contribution is -2.43. The van der Waals surface area contributed by atoms with Crippen molar-refractivity contribution in [1.82, 2.24) is 20.2 Å². The molecule has 2 aromatic rings. The molecule has 1 aromatic heterocycles. The number of aromatic nitrogens is 4. The maximum Gasteiger partial charge on any atom is 0.183 e. The molecule has 1 aliphatic carbocycles. The number of tetrazole rings is 1. The zero-order chi connectivity index (χ0) is 14.2. The molecule has 2 N–H and O–H groups in total. The molecule has 0 amide bonds. The van der Waals surface area contributed by atoms with E-state index in [2.05, 4.69) is 15.5 Å². The first kappa shape index (κ1) is 13.3. The zero-order valence-corrected chi connectivity index (χ0v) is 12.0. The molecular formula is C13H16ClN5O. The summed E-state index contributed by atoms with van der Waals surface area (Å²) in [7, 11) is 1.73. The number of hydrogen-bond acceptors (Lipinski definition) is 5. The summed E-state index contributed by atoms with van der Waals surface area (Å²) in [4.78, 5) is 0. The van der Waals surface area contributed by atoms with Gasteiger partial charge in [0.2, 0.25) is 0 Å². The van der Waals surface area contributed by atoms with Crippen LogP contribution in [-0.2, 0) is 11.3 Å². The quantitative estimate of drug-likeness (QED) is 0.874. The predicted octanol–water partition coefficient (Wildman–Crippen LogP) is 2.14. The van der Waals surface area contributed by atoms with Gasteiger partial charge in [-0.15, -0.1) is 5.10 Å². The van der Waals surface area contributed by atoms with Crippen molar-refractivity contribution in [2.45, 2.75) is 31.4 Å². The minimum absolute atomic E-state index is 0.156. The first-order chi connectivity index (χ1) is 9.63. The monoisotopic (exact) mass is 293 g/mol. The van der Waals surface area contributed by atoms with Crippen molar-refractivity contribution in [2.75, 3.05) is 12.8 Å². The highest BCUT2D eigenvalue weighted by Crippen LogP contribution is 2.37. The van der Waals surface area contributed by atoms with Crippen molar-refractivity contribution in [3.8, 4) is 11.4 Å². The van der Waals surface area contributed by atoms with Crippen LogP contribution in [0.5, 0.6) is 0 Å². The van der Waals surface area contributed by atoms with Crippen LogP contribution in [0.3, 0.4) is 0 Å². The number of benzene rings is 1. The van der Waals surface area contributed by atoms with E-state index in [9.17, 15) is 0 Å². The van der Waals surface area contributed by atoms with E-state index in [1.165, 1.54) is 6.42 Å². The minimum atomic E-state index is -0.156. The van der Waals surface area contributed by atoms with Crippen LogP contribution in [0.25, 0.3) is 11.4 Å². The average molecular weight is 294 g/mol. The highest BCUT2D eigenvalue weighted by atomic mass is 35.5. The molecule has 7 heteroatoms. The molecular weight excluding hydrogens is 278 g/mol. The zero-order valence-electron chi connectivity index (χ0n) is 11.2. The maximum atomic E-state index is 6.22. The standard InChI is InChI=1S/C13H16ClN5O/c1-20-13(5-2-6-13)8-19-12(16-17-18-19)10-7-9(15)3-4-11(10)14/h3-4,7H,2,5-6,8,15H2,1H3. The molecule has 1 fully saturated rings. The van der Waals surface area contributed by atoms with Gasteiger partial charge in [-0.3, -0.25) is 0 Å². The molecule has 0 atom stereocenters. The minimum Gasteiger partial charge on any atom is -0.399 e. The molecule has 0 bridgehead atoms. The summed E-state index contributed by atoms with van der Waals surface area (Å²) in [6.07, 6.45) is 3.21. The first-order valence-corrected chi connectivity index (χ1v) is 6.88. The topological polar surface area (TPSA) is 78.8 Å². The molecule has 6 nitrogen and oxygen atoms in total. The third-order valence-electron chi connectivity index (χ3n) is 3.90. The van der Waals surface area contributed by atoms with Crippen molar-refractivity contribution in [1.29, 1.82) is 0 Å². The Balaban J connectivity index is 1.96. The lowest BCUT2D eigenvalue weighted by molar-refractivity contribution is -0.0855. The lowest BCUT2D eigenvalue weighted by Gasteiger charge is -2.40. The fourth-order valence-electron chi connectivity index (χ4n) is 2.49. The van der Waals surface area contributed by atoms with Gasteiger partial charge < -0.3 is 10.5 Å². The molecule has 0 aliphatic heterocycles. The molecule has 1 saturated carbocycles. The molecule has 1 aliphatic rings. The Kier molecular flexibility index (Phi) is 3.35. The Bertz CT molecular complexity index is 617. The van der Waals surface area contributed by atoms with Crippen LogP contribution >= 0.6 is 11.6 Å². The van der Waals surface area contributed by atoms with Crippen LogP contribution in [0, 0.1) is 0 Å².